The van der Waals surface area contributed by atoms with Crippen LogP contribution in [0.25, 0.3) is 0 Å². The van der Waals surface area contributed by atoms with Gasteiger partial charge in [-0.2, -0.15) is 0 Å². The summed E-state index contributed by atoms with van der Waals surface area (Å²) >= 11 is 0. The van der Waals surface area contributed by atoms with Crippen molar-refractivity contribution in [3.05, 3.63) is 0 Å². The number of carboxylic acid groups (broad SMARTS) is 1. The summed E-state index contributed by atoms with van der Waals surface area (Å²) in [5.74, 6) is -0.252. The molecule has 0 aromatic rings. The Bertz CT molecular complexity index is 212. The third kappa shape index (κ3) is 1.26. The van der Waals surface area contributed by atoms with E-state index >= 15 is 0 Å². The van der Waals surface area contributed by atoms with Gasteiger partial charge in [0.05, 0.1) is 0 Å². The van der Waals surface area contributed by atoms with Crippen LogP contribution in [-0.2, 0) is 4.79 Å². The molecule has 2 amide bonds. The van der Waals surface area contributed by atoms with Crippen LogP contribution in [0.5, 0.6) is 0 Å². The Morgan fingerprint density at radius 2 is 2.27 bits per heavy atom. The number of nitrogens with one attached hydrogen (secondary N) is 1. The molecular weight excluding hydrogens is 148 g/mol. The normalized spacial score (nSPS) is 21.6. The van der Waals surface area contributed by atoms with Crippen LogP contribution in [0.4, 0.5) is 4.79 Å². The van der Waals surface area contributed by atoms with Gasteiger partial charge < -0.3 is 10.4 Å². The van der Waals surface area contributed by atoms with Gasteiger partial charge in [0.2, 0.25) is 5.91 Å². The van der Waals surface area contributed by atoms with E-state index in [1.165, 1.54) is 0 Å². The fourth-order valence-electron chi connectivity index (χ4n) is 1.10. The van der Waals surface area contributed by atoms with Gasteiger partial charge in [0.15, 0.2) is 0 Å². The summed E-state index contributed by atoms with van der Waals surface area (Å²) in [6.07, 6.45) is -1.08. The smallest absolute Gasteiger partial charge is 0.409 e. The average molecular weight is 158 g/mol. The van der Waals surface area contributed by atoms with Crippen LogP contribution in [-0.4, -0.2) is 34.2 Å². The highest BCUT2D eigenvalue weighted by atomic mass is 16.4. The van der Waals surface area contributed by atoms with E-state index in [1.54, 1.807) is 13.8 Å². The molecular formula is C6H10N2O3. The highest BCUT2D eigenvalue weighted by molar-refractivity contribution is 5.86. The van der Waals surface area contributed by atoms with Gasteiger partial charge in [0.1, 0.15) is 12.2 Å². The molecule has 0 unspecified atom stereocenters. The minimum atomic E-state index is -1.08. The Labute approximate surface area is 64.0 Å². The van der Waals surface area contributed by atoms with Gasteiger partial charge in [-0.1, -0.05) is 0 Å². The van der Waals surface area contributed by atoms with Crippen LogP contribution in [0.2, 0.25) is 0 Å². The molecule has 0 spiro atoms. The minimum Gasteiger partial charge on any atom is -0.465 e. The van der Waals surface area contributed by atoms with Crippen molar-refractivity contribution in [1.82, 2.24) is 10.2 Å². The molecule has 0 aromatic heterocycles. The van der Waals surface area contributed by atoms with Gasteiger partial charge in [0, 0.05) is 0 Å². The lowest BCUT2D eigenvalue weighted by atomic mass is 10.2. The molecule has 0 atom stereocenters. The van der Waals surface area contributed by atoms with Gasteiger partial charge in [-0.3, -0.25) is 9.69 Å². The lowest BCUT2D eigenvalue weighted by Gasteiger charge is -2.27. The predicted molar refractivity (Wildman–Crippen MR) is 37.0 cm³/mol. The molecule has 0 saturated carbocycles. The lowest BCUT2D eigenvalue weighted by Crippen LogP contribution is -2.48. The van der Waals surface area contributed by atoms with Crippen molar-refractivity contribution in [1.29, 1.82) is 0 Å². The van der Waals surface area contributed by atoms with Crippen molar-refractivity contribution in [3.63, 3.8) is 0 Å². The van der Waals surface area contributed by atoms with Crippen LogP contribution in [0, 0.1) is 0 Å². The Balaban J connectivity index is 2.82. The Hall–Kier alpha value is -1.26. The van der Waals surface area contributed by atoms with E-state index in [1.807, 2.05) is 0 Å². The number of carbonyl (C=O) groups is 2. The second kappa shape index (κ2) is 2.11. The number of amides is 2. The largest absolute Gasteiger partial charge is 0.465 e. The zero-order chi connectivity index (χ0) is 8.65. The van der Waals surface area contributed by atoms with Gasteiger partial charge >= 0.3 is 6.09 Å². The Kier molecular flexibility index (Phi) is 1.51. The fourth-order valence-corrected chi connectivity index (χ4v) is 1.10. The van der Waals surface area contributed by atoms with Crippen molar-refractivity contribution >= 4 is 12.0 Å². The van der Waals surface area contributed by atoms with Crippen molar-refractivity contribution in [3.8, 4) is 0 Å². The summed E-state index contributed by atoms with van der Waals surface area (Å²) in [6.45, 7) is 3.22. The topological polar surface area (TPSA) is 69.6 Å². The van der Waals surface area contributed by atoms with Gasteiger partial charge in [-0.05, 0) is 13.8 Å². The zero-order valence-corrected chi connectivity index (χ0v) is 6.42. The molecule has 0 aromatic carbocycles. The molecule has 1 heterocycles. The molecule has 1 rings (SSSR count). The molecule has 62 valence electrons. The van der Waals surface area contributed by atoms with E-state index in [9.17, 15) is 9.59 Å². The SMILES string of the molecule is CC1(C)NC(=O)CN1C(=O)O. The maximum atomic E-state index is 10.8. The van der Waals surface area contributed by atoms with E-state index in [0.717, 1.165) is 4.90 Å². The second-order valence-electron chi connectivity index (χ2n) is 2.98. The predicted octanol–water partition coefficient (Wildman–Crippen LogP) is -0.168. The summed E-state index contributed by atoms with van der Waals surface area (Å²) in [7, 11) is 0. The first-order chi connectivity index (χ1) is 4.93. The van der Waals surface area contributed by atoms with Crippen molar-refractivity contribution in [2.45, 2.75) is 19.5 Å². The van der Waals surface area contributed by atoms with Crippen molar-refractivity contribution in [2.75, 3.05) is 6.54 Å². The number of rotatable bonds is 0. The van der Waals surface area contributed by atoms with E-state index in [0.29, 0.717) is 0 Å². The number of nitrogens with zero attached hydrogens (tertiary/aromatic N) is 1. The molecule has 0 radical (unpaired) electrons. The molecule has 2 N–H and O–H groups in total. The van der Waals surface area contributed by atoms with E-state index in [2.05, 4.69) is 5.32 Å². The summed E-state index contributed by atoms with van der Waals surface area (Å²) in [5, 5.41) is 11.1. The van der Waals surface area contributed by atoms with Crippen LogP contribution in [0.3, 0.4) is 0 Å². The van der Waals surface area contributed by atoms with E-state index in [-0.39, 0.29) is 12.5 Å². The highest BCUT2D eigenvalue weighted by Crippen LogP contribution is 2.15. The first-order valence-corrected chi connectivity index (χ1v) is 3.25. The minimum absolute atomic E-state index is 0.0671. The van der Waals surface area contributed by atoms with Gasteiger partial charge in [-0.25, -0.2) is 4.79 Å². The zero-order valence-electron chi connectivity index (χ0n) is 6.42. The first-order valence-electron chi connectivity index (χ1n) is 3.25. The average Bonchev–Trinajstić information content (AvgIpc) is 2.04. The van der Waals surface area contributed by atoms with Crippen LogP contribution in [0.1, 0.15) is 13.8 Å². The Morgan fingerprint density at radius 3 is 2.45 bits per heavy atom. The van der Waals surface area contributed by atoms with Crippen LogP contribution in [0.15, 0.2) is 0 Å². The summed E-state index contributed by atoms with van der Waals surface area (Å²) in [4.78, 5) is 22.3. The standard InChI is InChI=1S/C6H10N2O3/c1-6(2)7-4(9)3-8(6)5(10)11/h3H2,1-2H3,(H,7,9)(H,10,11). The molecule has 0 bridgehead atoms. The monoisotopic (exact) mass is 158 g/mol. The van der Waals surface area contributed by atoms with Gasteiger partial charge in [-0.15, -0.1) is 0 Å². The maximum Gasteiger partial charge on any atom is 0.409 e. The first kappa shape index (κ1) is 7.84. The maximum absolute atomic E-state index is 10.8. The van der Waals surface area contributed by atoms with Crippen molar-refractivity contribution in [2.24, 2.45) is 0 Å². The summed E-state index contributed by atoms with van der Waals surface area (Å²) in [6, 6.07) is 0. The molecule has 0 aliphatic carbocycles. The van der Waals surface area contributed by atoms with Crippen molar-refractivity contribution < 1.29 is 14.7 Å². The van der Waals surface area contributed by atoms with E-state index in [4.69, 9.17) is 5.11 Å². The molecule has 1 aliphatic heterocycles. The molecule has 1 fully saturated rings. The van der Waals surface area contributed by atoms with Crippen LogP contribution >= 0.6 is 0 Å². The third-order valence-corrected chi connectivity index (χ3v) is 1.65. The van der Waals surface area contributed by atoms with E-state index < -0.39 is 11.8 Å². The molecule has 11 heavy (non-hydrogen) atoms. The number of carbonyl (C=O) groups excluding carboxylic acids is 1. The molecule has 1 aliphatic rings. The van der Waals surface area contributed by atoms with Crippen LogP contribution < -0.4 is 5.32 Å². The Morgan fingerprint density at radius 1 is 1.73 bits per heavy atom. The number of hydrogen-bond donors (Lipinski definition) is 2. The second-order valence-corrected chi connectivity index (χ2v) is 2.98. The highest BCUT2D eigenvalue weighted by Gasteiger charge is 2.39. The number of hydrogen-bond acceptors (Lipinski definition) is 2. The quantitative estimate of drug-likeness (QED) is 0.514. The van der Waals surface area contributed by atoms with Gasteiger partial charge in [0.25, 0.3) is 0 Å². The summed E-state index contributed by atoms with van der Waals surface area (Å²) in [5.41, 5.74) is -0.761. The fraction of sp³-hybridized carbons (Fsp3) is 0.667. The summed E-state index contributed by atoms with van der Waals surface area (Å²) < 4.78 is 0. The molecule has 5 nitrogen and oxygen atoms in total. The molecule has 1 saturated heterocycles. The molecule has 5 heteroatoms. The third-order valence-electron chi connectivity index (χ3n) is 1.65. The lowest BCUT2D eigenvalue weighted by molar-refractivity contribution is -0.118.